The van der Waals surface area contributed by atoms with E-state index in [9.17, 15) is 4.79 Å². The largest absolute Gasteiger partial charge is 0.336 e. The van der Waals surface area contributed by atoms with Crippen LogP contribution in [0, 0.1) is 0 Å². The van der Waals surface area contributed by atoms with E-state index < -0.39 is 0 Å². The standard InChI is InChI=1S/C19H21ClN2OS/c20-17-6-8-18(9-7-17)24-15-14-21-10-12-22(13-11-21)19(23)16-4-2-1-3-5-16/h1-9H,10-15H2. The molecular weight excluding hydrogens is 340 g/mol. The summed E-state index contributed by atoms with van der Waals surface area (Å²) in [4.78, 5) is 18.1. The first-order valence-corrected chi connectivity index (χ1v) is 9.54. The van der Waals surface area contributed by atoms with E-state index in [1.165, 1.54) is 4.90 Å². The van der Waals surface area contributed by atoms with Gasteiger partial charge in [0.25, 0.3) is 5.91 Å². The number of rotatable bonds is 5. The summed E-state index contributed by atoms with van der Waals surface area (Å²) in [5.41, 5.74) is 0.782. The minimum Gasteiger partial charge on any atom is -0.336 e. The van der Waals surface area contributed by atoms with Crippen molar-refractivity contribution in [2.45, 2.75) is 4.90 Å². The molecule has 0 bridgehead atoms. The number of piperazine rings is 1. The molecule has 0 radical (unpaired) electrons. The van der Waals surface area contributed by atoms with Gasteiger partial charge in [-0.2, -0.15) is 0 Å². The van der Waals surface area contributed by atoms with E-state index in [4.69, 9.17) is 11.6 Å². The fraction of sp³-hybridized carbons (Fsp3) is 0.316. The van der Waals surface area contributed by atoms with Gasteiger partial charge in [-0.15, -0.1) is 11.8 Å². The predicted molar refractivity (Wildman–Crippen MR) is 101 cm³/mol. The highest BCUT2D eigenvalue weighted by atomic mass is 35.5. The van der Waals surface area contributed by atoms with Crippen LogP contribution in [0.25, 0.3) is 0 Å². The maximum Gasteiger partial charge on any atom is 0.253 e. The van der Waals surface area contributed by atoms with Crippen LogP contribution in [0.5, 0.6) is 0 Å². The highest BCUT2D eigenvalue weighted by Crippen LogP contribution is 2.20. The van der Waals surface area contributed by atoms with Gasteiger partial charge in [0.2, 0.25) is 0 Å². The summed E-state index contributed by atoms with van der Waals surface area (Å²) in [6.45, 7) is 4.54. The van der Waals surface area contributed by atoms with E-state index in [-0.39, 0.29) is 5.91 Å². The molecule has 2 aromatic rings. The fourth-order valence-electron chi connectivity index (χ4n) is 2.76. The molecule has 3 nitrogen and oxygen atoms in total. The second-order valence-corrected chi connectivity index (χ2v) is 7.41. The second kappa shape index (κ2) is 8.56. The van der Waals surface area contributed by atoms with Gasteiger partial charge >= 0.3 is 0 Å². The van der Waals surface area contributed by atoms with Gasteiger partial charge < -0.3 is 4.90 Å². The molecule has 5 heteroatoms. The normalized spacial score (nSPS) is 15.5. The van der Waals surface area contributed by atoms with Crippen LogP contribution < -0.4 is 0 Å². The zero-order chi connectivity index (χ0) is 16.8. The number of halogens is 1. The number of nitrogens with zero attached hydrogens (tertiary/aromatic N) is 2. The SMILES string of the molecule is O=C(c1ccccc1)N1CCN(CCSc2ccc(Cl)cc2)CC1. The second-order valence-electron chi connectivity index (χ2n) is 5.80. The third-order valence-electron chi connectivity index (χ3n) is 4.17. The van der Waals surface area contributed by atoms with Crippen molar-refractivity contribution in [2.75, 3.05) is 38.5 Å². The van der Waals surface area contributed by atoms with Crippen LogP contribution in [0.4, 0.5) is 0 Å². The van der Waals surface area contributed by atoms with Gasteiger partial charge in [0.15, 0.2) is 0 Å². The Morgan fingerprint density at radius 3 is 2.29 bits per heavy atom. The van der Waals surface area contributed by atoms with Crippen molar-refractivity contribution < 1.29 is 4.79 Å². The van der Waals surface area contributed by atoms with E-state index in [2.05, 4.69) is 17.0 Å². The third kappa shape index (κ3) is 4.76. The van der Waals surface area contributed by atoms with Gasteiger partial charge in [-0.05, 0) is 36.4 Å². The molecule has 0 atom stereocenters. The van der Waals surface area contributed by atoms with Crippen LogP contribution >= 0.6 is 23.4 Å². The molecule has 1 amide bonds. The number of thioether (sulfide) groups is 1. The third-order valence-corrected chi connectivity index (χ3v) is 5.41. The smallest absolute Gasteiger partial charge is 0.253 e. The molecule has 126 valence electrons. The molecule has 1 aliphatic heterocycles. The Labute approximate surface area is 152 Å². The minimum absolute atomic E-state index is 0.144. The molecule has 3 rings (SSSR count). The lowest BCUT2D eigenvalue weighted by molar-refractivity contribution is 0.0644. The van der Waals surface area contributed by atoms with Crippen LogP contribution in [0.1, 0.15) is 10.4 Å². The summed E-state index contributed by atoms with van der Waals surface area (Å²) >= 11 is 7.75. The van der Waals surface area contributed by atoms with Crippen molar-refractivity contribution in [2.24, 2.45) is 0 Å². The summed E-state index contributed by atoms with van der Waals surface area (Å²) in [7, 11) is 0. The van der Waals surface area contributed by atoms with Gasteiger partial charge in [0, 0.05) is 54.0 Å². The molecule has 0 N–H and O–H groups in total. The maximum absolute atomic E-state index is 12.4. The number of hydrogen-bond donors (Lipinski definition) is 0. The van der Waals surface area contributed by atoms with Crippen molar-refractivity contribution in [1.82, 2.24) is 9.80 Å². The van der Waals surface area contributed by atoms with Crippen molar-refractivity contribution >= 4 is 29.3 Å². The summed E-state index contributed by atoms with van der Waals surface area (Å²) in [6.07, 6.45) is 0. The van der Waals surface area contributed by atoms with Crippen LogP contribution in [-0.4, -0.2) is 54.2 Å². The summed E-state index contributed by atoms with van der Waals surface area (Å²) in [5, 5.41) is 0.776. The number of hydrogen-bond acceptors (Lipinski definition) is 3. The van der Waals surface area contributed by atoms with Crippen molar-refractivity contribution in [1.29, 1.82) is 0 Å². The molecule has 0 unspecified atom stereocenters. The molecule has 2 aromatic carbocycles. The Morgan fingerprint density at radius 1 is 0.958 bits per heavy atom. The van der Waals surface area contributed by atoms with Gasteiger partial charge in [0.1, 0.15) is 0 Å². The molecule has 1 fully saturated rings. The van der Waals surface area contributed by atoms with Crippen molar-refractivity contribution in [3.63, 3.8) is 0 Å². The van der Waals surface area contributed by atoms with Gasteiger partial charge in [-0.3, -0.25) is 9.69 Å². The van der Waals surface area contributed by atoms with Gasteiger partial charge in [-0.1, -0.05) is 29.8 Å². The maximum atomic E-state index is 12.4. The van der Waals surface area contributed by atoms with Gasteiger partial charge in [-0.25, -0.2) is 0 Å². The first kappa shape index (κ1) is 17.3. The summed E-state index contributed by atoms with van der Waals surface area (Å²) in [6, 6.07) is 17.5. The molecule has 0 aromatic heterocycles. The predicted octanol–water partition coefficient (Wildman–Crippen LogP) is 3.89. The highest BCUT2D eigenvalue weighted by Gasteiger charge is 2.21. The molecule has 24 heavy (non-hydrogen) atoms. The lowest BCUT2D eigenvalue weighted by Gasteiger charge is -2.34. The van der Waals surface area contributed by atoms with Crippen molar-refractivity contribution in [3.8, 4) is 0 Å². The molecule has 1 heterocycles. The average Bonchev–Trinajstić information content (AvgIpc) is 2.64. The van der Waals surface area contributed by atoms with E-state index in [1.807, 2.05) is 59.1 Å². The minimum atomic E-state index is 0.144. The molecule has 1 saturated heterocycles. The van der Waals surface area contributed by atoms with E-state index in [0.29, 0.717) is 0 Å². The van der Waals surface area contributed by atoms with Crippen LogP contribution in [-0.2, 0) is 0 Å². The Bertz CT molecular complexity index is 655. The number of carbonyl (C=O) groups is 1. The van der Waals surface area contributed by atoms with Gasteiger partial charge in [0.05, 0.1) is 0 Å². The lowest BCUT2D eigenvalue weighted by Crippen LogP contribution is -2.49. The average molecular weight is 361 g/mol. The Hall–Kier alpha value is -1.49. The molecule has 0 aliphatic carbocycles. The topological polar surface area (TPSA) is 23.6 Å². The summed E-state index contributed by atoms with van der Waals surface area (Å²) in [5.74, 6) is 1.19. The molecule has 1 aliphatic rings. The quantitative estimate of drug-likeness (QED) is 0.756. The highest BCUT2D eigenvalue weighted by molar-refractivity contribution is 7.99. The molecular formula is C19H21ClN2OS. The Balaban J connectivity index is 1.40. The molecule has 0 saturated carbocycles. The number of amides is 1. The number of benzene rings is 2. The zero-order valence-electron chi connectivity index (χ0n) is 13.5. The molecule has 0 spiro atoms. The Morgan fingerprint density at radius 2 is 1.62 bits per heavy atom. The van der Waals surface area contributed by atoms with E-state index in [0.717, 1.165) is 49.1 Å². The number of carbonyl (C=O) groups excluding carboxylic acids is 1. The Kier molecular flexibility index (Phi) is 6.18. The lowest BCUT2D eigenvalue weighted by atomic mass is 10.2. The van der Waals surface area contributed by atoms with Crippen molar-refractivity contribution in [3.05, 3.63) is 65.2 Å². The first-order valence-electron chi connectivity index (χ1n) is 8.17. The van der Waals surface area contributed by atoms with Crippen LogP contribution in [0.15, 0.2) is 59.5 Å². The first-order chi connectivity index (χ1) is 11.7. The van der Waals surface area contributed by atoms with E-state index >= 15 is 0 Å². The fourth-order valence-corrected chi connectivity index (χ4v) is 3.80. The van der Waals surface area contributed by atoms with E-state index in [1.54, 1.807) is 0 Å². The van der Waals surface area contributed by atoms with Crippen LogP contribution in [0.3, 0.4) is 0 Å². The zero-order valence-corrected chi connectivity index (χ0v) is 15.1. The monoisotopic (exact) mass is 360 g/mol. The van der Waals surface area contributed by atoms with Crippen LogP contribution in [0.2, 0.25) is 5.02 Å². The summed E-state index contributed by atoms with van der Waals surface area (Å²) < 4.78 is 0.